The van der Waals surface area contributed by atoms with Gasteiger partial charge in [0.25, 0.3) is 0 Å². The van der Waals surface area contributed by atoms with Crippen LogP contribution in [0.3, 0.4) is 0 Å². The first-order chi connectivity index (χ1) is 19.6. The van der Waals surface area contributed by atoms with Gasteiger partial charge in [-0.1, -0.05) is 64.2 Å². The minimum Gasteiger partial charge on any atom is -0.464 e. The fraction of sp³-hybridized carbons (Fsp3) is 0.667. The third-order valence-corrected chi connectivity index (χ3v) is 6.66. The topological polar surface area (TPSA) is 145 Å². The van der Waals surface area contributed by atoms with E-state index in [-0.39, 0.29) is 13.2 Å². The molecule has 2 atom stereocenters. The molecule has 0 aliphatic carbocycles. The van der Waals surface area contributed by atoms with Crippen molar-refractivity contribution >= 4 is 11.9 Å². The average molecular weight is 559 g/mol. The molecule has 10 nitrogen and oxygen atoms in total. The van der Waals surface area contributed by atoms with Gasteiger partial charge in [0.15, 0.2) is 12.2 Å². The maximum Gasteiger partial charge on any atom is 0.338 e. The Morgan fingerprint density at radius 1 is 0.550 bits per heavy atom. The zero-order valence-electron chi connectivity index (χ0n) is 23.7. The number of aliphatic hydroxyl groups is 2. The highest BCUT2D eigenvalue weighted by Crippen LogP contribution is 2.11. The molecule has 2 rings (SSSR count). The van der Waals surface area contributed by atoms with Crippen LogP contribution in [0.2, 0.25) is 0 Å². The summed E-state index contributed by atoms with van der Waals surface area (Å²) in [6.07, 6.45) is 22.5. The van der Waals surface area contributed by atoms with Crippen molar-refractivity contribution in [3.63, 3.8) is 0 Å². The smallest absolute Gasteiger partial charge is 0.338 e. The summed E-state index contributed by atoms with van der Waals surface area (Å²) in [4.78, 5) is 40.6. The van der Waals surface area contributed by atoms with Gasteiger partial charge >= 0.3 is 11.9 Å². The van der Waals surface area contributed by atoms with Crippen molar-refractivity contribution in [2.75, 3.05) is 13.2 Å². The molecule has 222 valence electrons. The van der Waals surface area contributed by atoms with Crippen LogP contribution in [0.15, 0.2) is 37.2 Å². The lowest BCUT2D eigenvalue weighted by atomic mass is 10.1. The number of nitrogens with zero attached hydrogens (tertiary/aromatic N) is 4. The highest BCUT2D eigenvalue weighted by Gasteiger charge is 2.32. The van der Waals surface area contributed by atoms with E-state index in [0.29, 0.717) is 12.8 Å². The first-order valence-electron chi connectivity index (χ1n) is 14.8. The number of carbonyl (C=O) groups is 2. The number of unbranched alkanes of at least 4 members (excludes halogenated alkanes) is 12. The van der Waals surface area contributed by atoms with Gasteiger partial charge in [-0.2, -0.15) is 0 Å². The van der Waals surface area contributed by atoms with Crippen molar-refractivity contribution in [1.29, 1.82) is 0 Å². The first kappa shape index (κ1) is 33.2. The van der Waals surface area contributed by atoms with E-state index < -0.39 is 24.1 Å². The maximum atomic E-state index is 12.0. The van der Waals surface area contributed by atoms with Gasteiger partial charge in [0.1, 0.15) is 0 Å². The molecule has 0 saturated carbocycles. The molecule has 0 aromatic carbocycles. The monoisotopic (exact) mass is 558 g/mol. The zero-order valence-corrected chi connectivity index (χ0v) is 23.7. The second-order valence-corrected chi connectivity index (χ2v) is 10.1. The van der Waals surface area contributed by atoms with Gasteiger partial charge in [-0.05, 0) is 38.5 Å². The molecule has 2 unspecified atom stereocenters. The summed E-state index contributed by atoms with van der Waals surface area (Å²) in [5, 5.41) is 19.9. The molecule has 0 aliphatic heterocycles. The van der Waals surface area contributed by atoms with Gasteiger partial charge in [0.05, 0.1) is 24.6 Å². The third kappa shape index (κ3) is 15.6. The van der Waals surface area contributed by atoms with E-state index in [2.05, 4.69) is 19.9 Å². The summed E-state index contributed by atoms with van der Waals surface area (Å²) in [5.41, 5.74) is 2.04. The number of esters is 2. The number of rotatable bonds is 23. The number of ether oxygens (including phenoxy) is 2. The largest absolute Gasteiger partial charge is 0.464 e. The van der Waals surface area contributed by atoms with Gasteiger partial charge in [-0.3, -0.25) is 19.9 Å². The summed E-state index contributed by atoms with van der Waals surface area (Å²) in [5.74, 6) is -2.01. The molecule has 2 heterocycles. The Hall–Kier alpha value is -2.98. The van der Waals surface area contributed by atoms with Crippen LogP contribution in [0.1, 0.15) is 101 Å². The molecule has 0 aliphatic rings. The summed E-state index contributed by atoms with van der Waals surface area (Å²) >= 11 is 0. The highest BCUT2D eigenvalue weighted by molar-refractivity contribution is 5.85. The second kappa shape index (κ2) is 21.8. The summed E-state index contributed by atoms with van der Waals surface area (Å²) in [6.45, 7) is 0.287. The Morgan fingerprint density at radius 2 is 0.900 bits per heavy atom. The minimum absolute atomic E-state index is 0.144. The molecule has 2 aromatic heterocycles. The fourth-order valence-electron chi connectivity index (χ4n) is 4.28. The molecule has 0 fully saturated rings. The number of aromatic nitrogens is 4. The highest BCUT2D eigenvalue weighted by atomic mass is 16.6. The molecule has 0 saturated heterocycles. The van der Waals surface area contributed by atoms with Crippen LogP contribution in [-0.4, -0.2) is 67.5 Å². The number of aliphatic hydroxyl groups excluding tert-OH is 2. The third-order valence-electron chi connectivity index (χ3n) is 6.66. The lowest BCUT2D eigenvalue weighted by molar-refractivity contribution is -0.173. The van der Waals surface area contributed by atoms with Crippen LogP contribution in [0.4, 0.5) is 0 Å². The predicted molar refractivity (Wildman–Crippen MR) is 150 cm³/mol. The standard InChI is InChI=1S/C30H46N4O6/c35-27(29(37)39-21-13-9-5-1-3-7-11-15-25-23-31-17-19-33-25)28(36)30(38)40-22-14-10-6-2-4-8-12-16-26-24-32-18-20-34-26/h17-20,23-24,27-28,35-36H,1-16,21-22H2. The number of hydrogen-bond acceptors (Lipinski definition) is 10. The molecule has 0 radical (unpaired) electrons. The fourth-order valence-corrected chi connectivity index (χ4v) is 4.28. The first-order valence-corrected chi connectivity index (χ1v) is 14.8. The lowest BCUT2D eigenvalue weighted by Crippen LogP contribution is -2.41. The molecular weight excluding hydrogens is 512 g/mol. The van der Waals surface area contributed by atoms with Crippen molar-refractivity contribution in [1.82, 2.24) is 19.9 Å². The summed E-state index contributed by atoms with van der Waals surface area (Å²) < 4.78 is 10.0. The van der Waals surface area contributed by atoms with Gasteiger partial charge in [0.2, 0.25) is 0 Å². The van der Waals surface area contributed by atoms with E-state index in [1.54, 1.807) is 37.2 Å². The SMILES string of the molecule is O=C(OCCCCCCCCCc1cnccn1)C(O)C(O)C(=O)OCCCCCCCCCc1cnccn1. The lowest BCUT2D eigenvalue weighted by Gasteiger charge is -2.16. The van der Waals surface area contributed by atoms with Gasteiger partial charge in [0, 0.05) is 37.2 Å². The molecule has 2 N–H and O–H groups in total. The summed E-state index contributed by atoms with van der Waals surface area (Å²) in [7, 11) is 0. The molecule has 0 spiro atoms. The van der Waals surface area contributed by atoms with E-state index in [4.69, 9.17) is 9.47 Å². The molecule has 0 bridgehead atoms. The Labute approximate surface area is 238 Å². The molecule has 2 aromatic rings. The van der Waals surface area contributed by atoms with E-state index >= 15 is 0 Å². The minimum atomic E-state index is -1.94. The van der Waals surface area contributed by atoms with Crippen LogP contribution in [0, 0.1) is 0 Å². The van der Waals surface area contributed by atoms with Crippen LogP contribution >= 0.6 is 0 Å². The van der Waals surface area contributed by atoms with Crippen molar-refractivity contribution < 1.29 is 29.3 Å². The van der Waals surface area contributed by atoms with Crippen molar-refractivity contribution in [2.45, 2.75) is 115 Å². The molecule has 40 heavy (non-hydrogen) atoms. The Bertz CT molecular complexity index is 843. The molecular formula is C30H46N4O6. The normalized spacial score (nSPS) is 12.6. The van der Waals surface area contributed by atoms with Gasteiger partial charge < -0.3 is 19.7 Å². The Morgan fingerprint density at radius 3 is 1.25 bits per heavy atom. The second-order valence-electron chi connectivity index (χ2n) is 10.1. The Kier molecular flexibility index (Phi) is 18.1. The van der Waals surface area contributed by atoms with E-state index in [1.165, 1.54) is 0 Å². The number of carbonyl (C=O) groups excluding carboxylic acids is 2. The zero-order chi connectivity index (χ0) is 28.7. The average Bonchev–Trinajstić information content (AvgIpc) is 2.99. The number of aryl methyl sites for hydroxylation is 2. The van der Waals surface area contributed by atoms with Crippen LogP contribution in [0.5, 0.6) is 0 Å². The van der Waals surface area contributed by atoms with Crippen LogP contribution < -0.4 is 0 Å². The van der Waals surface area contributed by atoms with Gasteiger partial charge in [-0.15, -0.1) is 0 Å². The van der Waals surface area contributed by atoms with Crippen LogP contribution in [0.25, 0.3) is 0 Å². The quantitative estimate of drug-likeness (QED) is 0.149. The predicted octanol–water partition coefficient (Wildman–Crippen LogP) is 4.32. The van der Waals surface area contributed by atoms with E-state index in [0.717, 1.165) is 101 Å². The summed E-state index contributed by atoms with van der Waals surface area (Å²) in [6, 6.07) is 0. The van der Waals surface area contributed by atoms with Gasteiger partial charge in [-0.25, -0.2) is 9.59 Å². The van der Waals surface area contributed by atoms with Crippen molar-refractivity contribution in [3.8, 4) is 0 Å². The van der Waals surface area contributed by atoms with E-state index in [9.17, 15) is 19.8 Å². The van der Waals surface area contributed by atoms with Crippen molar-refractivity contribution in [3.05, 3.63) is 48.6 Å². The maximum absolute atomic E-state index is 12.0. The number of hydrogen-bond donors (Lipinski definition) is 2. The Balaban J connectivity index is 1.37. The van der Waals surface area contributed by atoms with Crippen molar-refractivity contribution in [2.24, 2.45) is 0 Å². The molecule has 10 heteroatoms. The molecule has 0 amide bonds. The van der Waals surface area contributed by atoms with Crippen LogP contribution in [-0.2, 0) is 31.9 Å². The van der Waals surface area contributed by atoms with E-state index in [1.807, 2.05) is 0 Å².